The minimum atomic E-state index is 0.00913. The molecule has 1 aliphatic rings. The molecule has 1 aliphatic heterocycles. The van der Waals surface area contributed by atoms with E-state index >= 15 is 0 Å². The molecule has 5 heteroatoms. The van der Waals surface area contributed by atoms with Gasteiger partial charge < -0.3 is 15.8 Å². The van der Waals surface area contributed by atoms with E-state index in [1.165, 1.54) is 0 Å². The Morgan fingerprint density at radius 1 is 1.62 bits per heavy atom. The molecule has 1 amide bonds. The van der Waals surface area contributed by atoms with Crippen LogP contribution in [0.25, 0.3) is 0 Å². The van der Waals surface area contributed by atoms with Crippen LogP contribution < -0.4 is 5.73 Å². The fourth-order valence-electron chi connectivity index (χ4n) is 2.01. The molecule has 5 nitrogen and oxygen atoms in total. The van der Waals surface area contributed by atoms with Crippen molar-refractivity contribution in [2.75, 3.05) is 13.1 Å². The highest BCUT2D eigenvalue weighted by atomic mass is 16.4. The summed E-state index contributed by atoms with van der Waals surface area (Å²) in [5, 5.41) is 11.6. The molecule has 16 heavy (non-hydrogen) atoms. The first-order valence-electron chi connectivity index (χ1n) is 5.79. The molecule has 0 aliphatic carbocycles. The number of piperidine rings is 1. The van der Waals surface area contributed by atoms with Gasteiger partial charge in [0.15, 0.2) is 0 Å². The summed E-state index contributed by atoms with van der Waals surface area (Å²) in [5.74, 6) is 0.791. The number of hydrogen-bond acceptors (Lipinski definition) is 3. The van der Waals surface area contributed by atoms with E-state index in [2.05, 4.69) is 5.16 Å². The summed E-state index contributed by atoms with van der Waals surface area (Å²) in [6.07, 6.45) is 2.38. The second-order valence-corrected chi connectivity index (χ2v) is 4.80. The van der Waals surface area contributed by atoms with Crippen LogP contribution in [-0.4, -0.2) is 34.9 Å². The van der Waals surface area contributed by atoms with Gasteiger partial charge in [0.1, 0.15) is 5.84 Å². The lowest BCUT2D eigenvalue weighted by Crippen LogP contribution is -2.44. The third kappa shape index (κ3) is 3.40. The first-order chi connectivity index (χ1) is 7.54. The number of carbonyl (C=O) groups is 1. The van der Waals surface area contributed by atoms with Crippen LogP contribution in [0.2, 0.25) is 0 Å². The van der Waals surface area contributed by atoms with Crippen LogP contribution in [-0.2, 0) is 4.79 Å². The van der Waals surface area contributed by atoms with Gasteiger partial charge in [-0.15, -0.1) is 0 Å². The van der Waals surface area contributed by atoms with E-state index in [0.29, 0.717) is 18.9 Å². The lowest BCUT2D eigenvalue weighted by molar-refractivity contribution is -0.133. The van der Waals surface area contributed by atoms with E-state index in [4.69, 9.17) is 10.9 Å². The maximum absolute atomic E-state index is 11.8. The predicted molar refractivity (Wildman–Crippen MR) is 62.2 cm³/mol. The molecule has 0 bridgehead atoms. The summed E-state index contributed by atoms with van der Waals surface area (Å²) in [5.41, 5.74) is 5.57. The normalized spacial score (nSPS) is 22.6. The molecule has 0 radical (unpaired) electrons. The van der Waals surface area contributed by atoms with E-state index in [-0.39, 0.29) is 17.7 Å². The fraction of sp³-hybridized carbons (Fsp3) is 0.818. The Balaban J connectivity index is 2.53. The van der Waals surface area contributed by atoms with Gasteiger partial charge in [0, 0.05) is 25.4 Å². The van der Waals surface area contributed by atoms with Gasteiger partial charge in [-0.25, -0.2) is 0 Å². The lowest BCUT2D eigenvalue weighted by Gasteiger charge is -2.32. The molecule has 0 spiro atoms. The van der Waals surface area contributed by atoms with E-state index < -0.39 is 0 Å². The predicted octanol–water partition coefficient (Wildman–Crippen LogP) is 1.02. The Labute approximate surface area is 96.3 Å². The van der Waals surface area contributed by atoms with Gasteiger partial charge >= 0.3 is 0 Å². The van der Waals surface area contributed by atoms with Gasteiger partial charge in [-0.3, -0.25) is 4.79 Å². The van der Waals surface area contributed by atoms with E-state index in [9.17, 15) is 4.79 Å². The van der Waals surface area contributed by atoms with Crippen LogP contribution in [0, 0.1) is 11.8 Å². The van der Waals surface area contributed by atoms with Gasteiger partial charge in [0.2, 0.25) is 5.91 Å². The van der Waals surface area contributed by atoms with Gasteiger partial charge in [-0.2, -0.15) is 0 Å². The largest absolute Gasteiger partial charge is 0.409 e. The molecule has 1 heterocycles. The number of nitrogens with two attached hydrogens (primary N) is 1. The van der Waals surface area contributed by atoms with E-state index in [0.717, 1.165) is 19.4 Å². The number of likely N-dealkylation sites (tertiary alicyclic amines) is 1. The van der Waals surface area contributed by atoms with Crippen molar-refractivity contribution in [1.82, 2.24) is 4.90 Å². The third-order valence-corrected chi connectivity index (χ3v) is 2.89. The van der Waals surface area contributed by atoms with Crippen LogP contribution in [0.5, 0.6) is 0 Å². The molecular weight excluding hydrogens is 206 g/mol. The highest BCUT2D eigenvalue weighted by Crippen LogP contribution is 2.18. The maximum atomic E-state index is 11.8. The SMILES string of the molecule is CC(C)CC(=O)N1CCCC(C(N)=NO)C1. The van der Waals surface area contributed by atoms with Crippen LogP contribution in [0.15, 0.2) is 5.16 Å². The molecule has 0 aromatic carbocycles. The van der Waals surface area contributed by atoms with Crippen LogP contribution in [0.3, 0.4) is 0 Å². The quantitative estimate of drug-likeness (QED) is 0.327. The number of rotatable bonds is 3. The zero-order valence-electron chi connectivity index (χ0n) is 10.0. The number of carbonyl (C=O) groups excluding carboxylic acids is 1. The topological polar surface area (TPSA) is 78.9 Å². The van der Waals surface area contributed by atoms with Crippen molar-refractivity contribution in [2.45, 2.75) is 33.1 Å². The lowest BCUT2D eigenvalue weighted by atomic mass is 9.96. The standard InChI is InChI=1S/C11H21N3O2/c1-8(2)6-10(15)14-5-3-4-9(7-14)11(12)13-16/h8-9,16H,3-7H2,1-2H3,(H2,12,13). The number of amides is 1. The van der Waals surface area contributed by atoms with Crippen LogP contribution in [0.1, 0.15) is 33.1 Å². The highest BCUT2D eigenvalue weighted by molar-refractivity contribution is 5.84. The van der Waals surface area contributed by atoms with Crippen molar-refractivity contribution in [2.24, 2.45) is 22.7 Å². The zero-order valence-corrected chi connectivity index (χ0v) is 10.0. The summed E-state index contributed by atoms with van der Waals surface area (Å²) in [4.78, 5) is 13.7. The summed E-state index contributed by atoms with van der Waals surface area (Å²) >= 11 is 0. The zero-order chi connectivity index (χ0) is 12.1. The Bertz CT molecular complexity index is 276. The summed E-state index contributed by atoms with van der Waals surface area (Å²) in [6, 6.07) is 0. The van der Waals surface area contributed by atoms with Crippen LogP contribution >= 0.6 is 0 Å². The molecule has 1 rings (SSSR count). The Morgan fingerprint density at radius 2 is 2.31 bits per heavy atom. The van der Waals surface area contributed by atoms with Crippen molar-refractivity contribution < 1.29 is 10.0 Å². The highest BCUT2D eigenvalue weighted by Gasteiger charge is 2.26. The molecule has 92 valence electrons. The second-order valence-electron chi connectivity index (χ2n) is 4.80. The number of amidine groups is 1. The van der Waals surface area contributed by atoms with Crippen molar-refractivity contribution in [1.29, 1.82) is 0 Å². The van der Waals surface area contributed by atoms with Crippen molar-refractivity contribution in [3.05, 3.63) is 0 Å². The third-order valence-electron chi connectivity index (χ3n) is 2.89. The summed E-state index contributed by atoms with van der Waals surface area (Å²) in [7, 11) is 0. The molecule has 3 N–H and O–H groups in total. The molecular formula is C11H21N3O2. The first kappa shape index (κ1) is 12.8. The average molecular weight is 227 g/mol. The molecule has 1 saturated heterocycles. The van der Waals surface area contributed by atoms with E-state index in [1.807, 2.05) is 18.7 Å². The summed E-state index contributed by atoms with van der Waals surface area (Å²) < 4.78 is 0. The van der Waals surface area contributed by atoms with Crippen molar-refractivity contribution >= 4 is 11.7 Å². The van der Waals surface area contributed by atoms with Gasteiger partial charge in [-0.05, 0) is 18.8 Å². The second kappa shape index (κ2) is 5.72. The van der Waals surface area contributed by atoms with Gasteiger partial charge in [-0.1, -0.05) is 19.0 Å². The van der Waals surface area contributed by atoms with E-state index in [1.54, 1.807) is 0 Å². The molecule has 1 unspecified atom stereocenters. The molecule has 1 atom stereocenters. The number of hydrogen-bond donors (Lipinski definition) is 2. The maximum Gasteiger partial charge on any atom is 0.222 e. The number of nitrogens with zero attached hydrogens (tertiary/aromatic N) is 2. The molecule has 1 fully saturated rings. The molecule has 0 saturated carbocycles. The Hall–Kier alpha value is -1.26. The number of oxime groups is 1. The minimum absolute atomic E-state index is 0.00913. The monoisotopic (exact) mass is 227 g/mol. The first-order valence-corrected chi connectivity index (χ1v) is 5.79. The Kier molecular flexibility index (Phi) is 4.58. The molecule has 0 aromatic rings. The molecule has 0 aromatic heterocycles. The Morgan fingerprint density at radius 3 is 2.88 bits per heavy atom. The summed E-state index contributed by atoms with van der Waals surface area (Å²) in [6.45, 7) is 5.44. The average Bonchev–Trinajstić information content (AvgIpc) is 2.27. The van der Waals surface area contributed by atoms with Gasteiger partial charge in [0.25, 0.3) is 0 Å². The van der Waals surface area contributed by atoms with Gasteiger partial charge in [0.05, 0.1) is 0 Å². The fourth-order valence-corrected chi connectivity index (χ4v) is 2.01. The van der Waals surface area contributed by atoms with Crippen molar-refractivity contribution in [3.63, 3.8) is 0 Å². The minimum Gasteiger partial charge on any atom is -0.409 e. The van der Waals surface area contributed by atoms with Crippen molar-refractivity contribution in [3.8, 4) is 0 Å². The van der Waals surface area contributed by atoms with Crippen LogP contribution in [0.4, 0.5) is 0 Å². The smallest absolute Gasteiger partial charge is 0.222 e.